The largest absolute Gasteiger partial charge is 0.363 e. The van der Waals surface area contributed by atoms with Crippen molar-refractivity contribution in [2.45, 2.75) is 33.2 Å². The van der Waals surface area contributed by atoms with E-state index in [1.165, 1.54) is 6.33 Å². The van der Waals surface area contributed by atoms with Crippen LogP contribution in [0.2, 0.25) is 5.02 Å². The lowest BCUT2D eigenvalue weighted by atomic mass is 10.1. The maximum atomic E-state index is 12.3. The number of anilines is 1. The fourth-order valence-electron chi connectivity index (χ4n) is 3.12. The summed E-state index contributed by atoms with van der Waals surface area (Å²) >= 11 is 6.14. The van der Waals surface area contributed by atoms with E-state index >= 15 is 0 Å². The summed E-state index contributed by atoms with van der Waals surface area (Å²) in [5.41, 5.74) is 3.84. The molecule has 7 nitrogen and oxygen atoms in total. The van der Waals surface area contributed by atoms with Gasteiger partial charge in [0.2, 0.25) is 5.91 Å². The number of carbonyl (C=O) groups excluding carboxylic acids is 1. The first-order chi connectivity index (χ1) is 13.9. The SMILES string of the molecule is Cc1nn(-c2cc(N(C)C)ncn2)c(C)c1CCC(=O)NCc1ccccc1Cl. The molecule has 0 saturated heterocycles. The Bertz CT molecular complexity index is 1010. The van der Waals surface area contributed by atoms with Gasteiger partial charge in [0, 0.05) is 43.8 Å². The third-order valence-electron chi connectivity index (χ3n) is 4.79. The van der Waals surface area contributed by atoms with Gasteiger partial charge in [-0.3, -0.25) is 4.79 Å². The van der Waals surface area contributed by atoms with Gasteiger partial charge in [0.15, 0.2) is 5.82 Å². The maximum Gasteiger partial charge on any atom is 0.220 e. The average molecular weight is 413 g/mol. The van der Waals surface area contributed by atoms with Crippen LogP contribution in [0.25, 0.3) is 5.82 Å². The number of carbonyl (C=O) groups is 1. The standard InChI is InChI=1S/C21H25ClN6O/c1-14-17(9-10-21(29)23-12-16-7-5-6-8-18(16)22)15(2)28(26-14)20-11-19(27(3)4)24-13-25-20/h5-8,11,13H,9-10,12H2,1-4H3,(H,23,29). The topological polar surface area (TPSA) is 75.9 Å². The summed E-state index contributed by atoms with van der Waals surface area (Å²) in [4.78, 5) is 22.8. The fraction of sp³-hybridized carbons (Fsp3) is 0.333. The third kappa shape index (κ3) is 4.92. The molecule has 0 atom stereocenters. The summed E-state index contributed by atoms with van der Waals surface area (Å²) in [5.74, 6) is 1.50. The van der Waals surface area contributed by atoms with Crippen LogP contribution in [0.5, 0.6) is 0 Å². The lowest BCUT2D eigenvalue weighted by Crippen LogP contribution is -2.23. The van der Waals surface area contributed by atoms with Crippen molar-refractivity contribution in [2.24, 2.45) is 0 Å². The molecule has 1 N–H and O–H groups in total. The third-order valence-corrected chi connectivity index (χ3v) is 5.16. The zero-order valence-electron chi connectivity index (χ0n) is 17.1. The van der Waals surface area contributed by atoms with Gasteiger partial charge < -0.3 is 10.2 Å². The Kier molecular flexibility index (Phi) is 6.49. The highest BCUT2D eigenvalue weighted by Crippen LogP contribution is 2.20. The summed E-state index contributed by atoms with van der Waals surface area (Å²) in [6, 6.07) is 9.39. The quantitative estimate of drug-likeness (QED) is 0.644. The molecule has 3 rings (SSSR count). The molecule has 152 valence electrons. The number of amides is 1. The Morgan fingerprint density at radius 3 is 2.69 bits per heavy atom. The van der Waals surface area contributed by atoms with Crippen LogP contribution in [0.15, 0.2) is 36.7 Å². The molecule has 8 heteroatoms. The number of halogens is 1. The van der Waals surface area contributed by atoms with E-state index in [0.717, 1.165) is 28.3 Å². The molecule has 0 radical (unpaired) electrons. The molecule has 0 aliphatic heterocycles. The first-order valence-corrected chi connectivity index (χ1v) is 9.79. The Balaban J connectivity index is 1.67. The predicted molar refractivity (Wildman–Crippen MR) is 115 cm³/mol. The molecule has 1 aromatic carbocycles. The van der Waals surface area contributed by atoms with E-state index < -0.39 is 0 Å². The van der Waals surface area contributed by atoms with Gasteiger partial charge in [-0.1, -0.05) is 29.8 Å². The number of hydrogen-bond donors (Lipinski definition) is 1. The molecule has 0 aliphatic carbocycles. The number of nitrogens with one attached hydrogen (secondary N) is 1. The molecule has 29 heavy (non-hydrogen) atoms. The van der Waals surface area contributed by atoms with E-state index in [1.54, 1.807) is 4.68 Å². The minimum absolute atomic E-state index is 0.0200. The molecule has 2 aromatic heterocycles. The van der Waals surface area contributed by atoms with Crippen LogP contribution in [-0.2, 0) is 17.8 Å². The van der Waals surface area contributed by atoms with Crippen molar-refractivity contribution in [2.75, 3.05) is 19.0 Å². The normalized spacial score (nSPS) is 10.8. The van der Waals surface area contributed by atoms with E-state index in [4.69, 9.17) is 11.6 Å². The fourth-order valence-corrected chi connectivity index (χ4v) is 3.32. The summed E-state index contributed by atoms with van der Waals surface area (Å²) < 4.78 is 1.81. The van der Waals surface area contributed by atoms with Gasteiger partial charge in [-0.05, 0) is 37.5 Å². The minimum Gasteiger partial charge on any atom is -0.363 e. The lowest BCUT2D eigenvalue weighted by Gasteiger charge is -2.12. The molecule has 3 aromatic rings. The van der Waals surface area contributed by atoms with Crippen molar-refractivity contribution in [1.82, 2.24) is 25.1 Å². The molecular formula is C21H25ClN6O. The zero-order chi connectivity index (χ0) is 21.0. The highest BCUT2D eigenvalue weighted by Gasteiger charge is 2.15. The van der Waals surface area contributed by atoms with Gasteiger partial charge in [-0.2, -0.15) is 5.10 Å². The van der Waals surface area contributed by atoms with Crippen molar-refractivity contribution < 1.29 is 4.79 Å². The zero-order valence-corrected chi connectivity index (χ0v) is 17.9. The first-order valence-electron chi connectivity index (χ1n) is 9.41. The van der Waals surface area contributed by atoms with Crippen LogP contribution in [0, 0.1) is 13.8 Å². The molecule has 0 aliphatic rings. The van der Waals surface area contributed by atoms with Crippen molar-refractivity contribution in [3.8, 4) is 5.82 Å². The maximum absolute atomic E-state index is 12.3. The van der Waals surface area contributed by atoms with Crippen LogP contribution in [0.4, 0.5) is 5.82 Å². The van der Waals surface area contributed by atoms with Crippen molar-refractivity contribution in [3.05, 3.63) is 64.2 Å². The molecular weight excluding hydrogens is 388 g/mol. The lowest BCUT2D eigenvalue weighted by molar-refractivity contribution is -0.121. The summed E-state index contributed by atoms with van der Waals surface area (Å²) in [5, 5.41) is 8.21. The van der Waals surface area contributed by atoms with Crippen LogP contribution >= 0.6 is 11.6 Å². The van der Waals surface area contributed by atoms with Gasteiger partial charge in [0.05, 0.1) is 5.69 Å². The number of hydrogen-bond acceptors (Lipinski definition) is 5. The Morgan fingerprint density at radius 1 is 1.21 bits per heavy atom. The second-order valence-corrected chi connectivity index (χ2v) is 7.47. The van der Waals surface area contributed by atoms with E-state index in [9.17, 15) is 4.79 Å². The molecule has 1 amide bonds. The van der Waals surface area contributed by atoms with E-state index in [2.05, 4.69) is 20.4 Å². The second-order valence-electron chi connectivity index (χ2n) is 7.06. The highest BCUT2D eigenvalue weighted by molar-refractivity contribution is 6.31. The first kappa shape index (κ1) is 20.8. The molecule has 2 heterocycles. The molecule has 0 spiro atoms. The average Bonchev–Trinajstić information content (AvgIpc) is 2.99. The number of nitrogens with zero attached hydrogens (tertiary/aromatic N) is 5. The monoisotopic (exact) mass is 412 g/mol. The molecule has 0 unspecified atom stereocenters. The van der Waals surface area contributed by atoms with Crippen molar-refractivity contribution in [1.29, 1.82) is 0 Å². The van der Waals surface area contributed by atoms with E-state index in [-0.39, 0.29) is 5.91 Å². The van der Waals surface area contributed by atoms with Gasteiger partial charge >= 0.3 is 0 Å². The number of aryl methyl sites for hydroxylation is 1. The highest BCUT2D eigenvalue weighted by atomic mass is 35.5. The van der Waals surface area contributed by atoms with Gasteiger partial charge in [-0.15, -0.1) is 0 Å². The summed E-state index contributed by atoms with van der Waals surface area (Å²) in [6.07, 6.45) is 2.52. The Labute approximate surface area is 175 Å². The van der Waals surface area contributed by atoms with Crippen LogP contribution in [-0.4, -0.2) is 39.8 Å². The Morgan fingerprint density at radius 2 is 1.97 bits per heavy atom. The smallest absolute Gasteiger partial charge is 0.220 e. The number of rotatable bonds is 7. The van der Waals surface area contributed by atoms with E-state index in [1.807, 2.05) is 63.2 Å². The van der Waals surface area contributed by atoms with E-state index in [0.29, 0.717) is 30.2 Å². The van der Waals surface area contributed by atoms with Crippen LogP contribution in [0.3, 0.4) is 0 Å². The minimum atomic E-state index is -0.0200. The van der Waals surface area contributed by atoms with Crippen LogP contribution in [0.1, 0.15) is 28.9 Å². The predicted octanol–water partition coefficient (Wildman–Crippen LogP) is 3.25. The Hall–Kier alpha value is -2.93. The summed E-state index contributed by atoms with van der Waals surface area (Å²) in [6.45, 7) is 4.37. The number of aromatic nitrogens is 4. The molecule has 0 bridgehead atoms. The number of benzene rings is 1. The summed E-state index contributed by atoms with van der Waals surface area (Å²) in [7, 11) is 3.86. The van der Waals surface area contributed by atoms with Crippen molar-refractivity contribution in [3.63, 3.8) is 0 Å². The molecule has 0 fully saturated rings. The van der Waals surface area contributed by atoms with Gasteiger partial charge in [-0.25, -0.2) is 14.6 Å². The van der Waals surface area contributed by atoms with Crippen LogP contribution < -0.4 is 10.2 Å². The van der Waals surface area contributed by atoms with Gasteiger partial charge in [0.25, 0.3) is 0 Å². The van der Waals surface area contributed by atoms with Crippen molar-refractivity contribution >= 4 is 23.3 Å². The second kappa shape index (κ2) is 9.05. The van der Waals surface area contributed by atoms with Gasteiger partial charge in [0.1, 0.15) is 12.1 Å². The molecule has 0 saturated carbocycles.